The molecule has 1 N–H and O–H groups in total. The molecule has 0 radical (unpaired) electrons. The van der Waals surface area contributed by atoms with Gasteiger partial charge in [0, 0.05) is 56.0 Å². The molecule has 0 spiro atoms. The molecule has 0 bridgehead atoms. The molecule has 3 heterocycles. The second kappa shape index (κ2) is 14.1. The van der Waals surface area contributed by atoms with E-state index in [1.807, 2.05) is 23.1 Å². The summed E-state index contributed by atoms with van der Waals surface area (Å²) in [4.78, 5) is 57.1. The van der Waals surface area contributed by atoms with Crippen LogP contribution in [0.2, 0.25) is 0 Å². The number of hydrogen-bond acceptors (Lipinski definition) is 6. The first kappa shape index (κ1) is 32.6. The van der Waals surface area contributed by atoms with Crippen LogP contribution in [0.4, 0.5) is 10.1 Å². The number of carboxylic acid groups (broad SMARTS) is 1. The Balaban J connectivity index is 1.49. The van der Waals surface area contributed by atoms with Crippen LogP contribution in [0.15, 0.2) is 36.4 Å². The lowest BCUT2D eigenvalue weighted by Gasteiger charge is -2.35. The SMILES string of the molecule is CCCC(CCC)N(C(=O)CN1CC(c2ccc3c(c2)CCO3)C(C(=O)O)C1CCN1C(=O)CCC1=O)c1ccc(F)c(C)c1. The maximum Gasteiger partial charge on any atom is 0.308 e. The molecule has 0 aliphatic carbocycles. The van der Waals surface area contributed by atoms with Crippen molar-refractivity contribution in [3.8, 4) is 5.75 Å². The molecule has 3 unspecified atom stereocenters. The van der Waals surface area contributed by atoms with Gasteiger partial charge in [-0.3, -0.25) is 29.0 Å². The van der Waals surface area contributed by atoms with Crippen molar-refractivity contribution in [3.05, 3.63) is 58.9 Å². The first-order chi connectivity index (χ1) is 21.6. The van der Waals surface area contributed by atoms with Gasteiger partial charge in [-0.05, 0) is 67.1 Å². The molecule has 2 saturated heterocycles. The van der Waals surface area contributed by atoms with E-state index in [1.165, 1.54) is 11.0 Å². The Kier molecular flexibility index (Phi) is 10.2. The summed E-state index contributed by atoms with van der Waals surface area (Å²) in [6, 6.07) is 9.86. The van der Waals surface area contributed by atoms with E-state index in [0.29, 0.717) is 24.4 Å². The number of carbonyl (C=O) groups excluding carboxylic acids is 3. The number of nitrogens with zero attached hydrogens (tertiary/aromatic N) is 3. The van der Waals surface area contributed by atoms with Gasteiger partial charge in [-0.25, -0.2) is 4.39 Å². The molecule has 2 fully saturated rings. The van der Waals surface area contributed by atoms with E-state index >= 15 is 0 Å². The quantitative estimate of drug-likeness (QED) is 0.311. The number of hydrogen-bond donors (Lipinski definition) is 1. The maximum atomic E-state index is 14.4. The van der Waals surface area contributed by atoms with Gasteiger partial charge in [-0.15, -0.1) is 0 Å². The summed E-state index contributed by atoms with van der Waals surface area (Å²) in [7, 11) is 0. The summed E-state index contributed by atoms with van der Waals surface area (Å²) < 4.78 is 20.0. The minimum Gasteiger partial charge on any atom is -0.493 e. The molecule has 3 aliphatic heterocycles. The smallest absolute Gasteiger partial charge is 0.308 e. The summed E-state index contributed by atoms with van der Waals surface area (Å²) in [5.41, 5.74) is 2.99. The van der Waals surface area contributed by atoms with Crippen LogP contribution in [0.3, 0.4) is 0 Å². The van der Waals surface area contributed by atoms with Gasteiger partial charge in [0.1, 0.15) is 11.6 Å². The van der Waals surface area contributed by atoms with Crippen LogP contribution >= 0.6 is 0 Å². The zero-order valence-corrected chi connectivity index (χ0v) is 26.5. The summed E-state index contributed by atoms with van der Waals surface area (Å²) in [6.45, 7) is 6.81. The van der Waals surface area contributed by atoms with E-state index in [0.717, 1.165) is 49.0 Å². The van der Waals surface area contributed by atoms with E-state index in [-0.39, 0.29) is 61.9 Å². The highest BCUT2D eigenvalue weighted by Crippen LogP contribution is 2.41. The number of carbonyl (C=O) groups is 4. The van der Waals surface area contributed by atoms with Crippen molar-refractivity contribution in [3.63, 3.8) is 0 Å². The first-order valence-corrected chi connectivity index (χ1v) is 16.3. The summed E-state index contributed by atoms with van der Waals surface area (Å²) >= 11 is 0. The average Bonchev–Trinajstić information content (AvgIpc) is 3.71. The van der Waals surface area contributed by atoms with Gasteiger partial charge in [0.2, 0.25) is 17.7 Å². The van der Waals surface area contributed by atoms with Gasteiger partial charge in [0.05, 0.1) is 19.1 Å². The molecule has 0 aromatic heterocycles. The highest BCUT2D eigenvalue weighted by molar-refractivity contribution is 6.02. The molecule has 3 amide bonds. The molecule has 45 heavy (non-hydrogen) atoms. The zero-order valence-electron chi connectivity index (χ0n) is 26.5. The normalized spacial score (nSPS) is 21.4. The number of likely N-dealkylation sites (tertiary alicyclic amines) is 2. The zero-order chi connectivity index (χ0) is 32.2. The molecule has 3 atom stereocenters. The van der Waals surface area contributed by atoms with Crippen molar-refractivity contribution in [2.75, 3.05) is 31.1 Å². The van der Waals surface area contributed by atoms with Crippen LogP contribution in [0, 0.1) is 18.7 Å². The van der Waals surface area contributed by atoms with Crippen LogP contribution in [0.25, 0.3) is 0 Å². The number of amides is 3. The van der Waals surface area contributed by atoms with E-state index in [2.05, 4.69) is 13.8 Å². The summed E-state index contributed by atoms with van der Waals surface area (Å²) in [6.07, 6.45) is 4.60. The topological polar surface area (TPSA) is 107 Å². The Morgan fingerprint density at radius 3 is 2.40 bits per heavy atom. The first-order valence-electron chi connectivity index (χ1n) is 16.3. The van der Waals surface area contributed by atoms with Crippen molar-refractivity contribution in [2.45, 2.75) is 90.1 Å². The number of fused-ring (bicyclic) bond motifs is 1. The predicted molar refractivity (Wildman–Crippen MR) is 168 cm³/mol. The van der Waals surface area contributed by atoms with Crippen LogP contribution in [-0.4, -0.2) is 76.9 Å². The third-order valence-electron chi connectivity index (χ3n) is 9.61. The van der Waals surface area contributed by atoms with Crippen molar-refractivity contribution in [2.24, 2.45) is 5.92 Å². The average molecular weight is 622 g/mol. The summed E-state index contributed by atoms with van der Waals surface area (Å²) in [5.74, 6) is -2.44. The third-order valence-corrected chi connectivity index (χ3v) is 9.61. The molecule has 3 aliphatic rings. The monoisotopic (exact) mass is 621 g/mol. The molecule has 242 valence electrons. The minimum absolute atomic E-state index is 0.0404. The van der Waals surface area contributed by atoms with Crippen molar-refractivity contribution >= 4 is 29.4 Å². The Bertz CT molecular complexity index is 1420. The Morgan fingerprint density at radius 1 is 1.04 bits per heavy atom. The number of imide groups is 1. The van der Waals surface area contributed by atoms with Gasteiger partial charge in [0.15, 0.2) is 0 Å². The lowest BCUT2D eigenvalue weighted by atomic mass is 9.83. The number of rotatable bonds is 13. The molecule has 5 rings (SSSR count). The van der Waals surface area contributed by atoms with Crippen LogP contribution < -0.4 is 9.64 Å². The fraction of sp³-hybridized carbons (Fsp3) is 0.543. The Labute approximate surface area is 264 Å². The fourth-order valence-corrected chi connectivity index (χ4v) is 7.42. The second-order valence-electron chi connectivity index (χ2n) is 12.6. The van der Waals surface area contributed by atoms with Gasteiger partial charge < -0.3 is 14.7 Å². The van der Waals surface area contributed by atoms with Gasteiger partial charge in [-0.1, -0.05) is 38.8 Å². The van der Waals surface area contributed by atoms with Crippen molar-refractivity contribution in [1.29, 1.82) is 0 Å². The Hall–Kier alpha value is -3.79. The van der Waals surface area contributed by atoms with Crippen LogP contribution in [0.1, 0.15) is 81.4 Å². The van der Waals surface area contributed by atoms with Crippen molar-refractivity contribution in [1.82, 2.24) is 9.80 Å². The number of carboxylic acids is 1. The molecule has 2 aromatic carbocycles. The standard InChI is InChI=1S/C35H44FN3O6/c1-4-6-25(7-5-2)39(26-9-10-28(36)22(3)18-26)33(42)21-37-20-27(23-8-11-30-24(19-23)15-17-45-30)34(35(43)44)29(37)14-16-38-31(40)12-13-32(38)41/h8-11,18-19,25,27,29,34H,4-7,12-17,20-21H2,1-3H3,(H,43,44). The third kappa shape index (κ3) is 6.90. The van der Waals surface area contributed by atoms with E-state index in [4.69, 9.17) is 4.74 Å². The lowest BCUT2D eigenvalue weighted by molar-refractivity contribution is -0.143. The molecule has 9 nitrogen and oxygen atoms in total. The van der Waals surface area contributed by atoms with Gasteiger partial charge in [-0.2, -0.15) is 0 Å². The van der Waals surface area contributed by atoms with Gasteiger partial charge >= 0.3 is 5.97 Å². The number of halogens is 1. The van der Waals surface area contributed by atoms with Gasteiger partial charge in [0.25, 0.3) is 0 Å². The van der Waals surface area contributed by atoms with E-state index < -0.39 is 23.8 Å². The maximum absolute atomic E-state index is 14.4. The molecule has 2 aromatic rings. The highest BCUT2D eigenvalue weighted by Gasteiger charge is 2.48. The van der Waals surface area contributed by atoms with Crippen LogP contribution in [0.5, 0.6) is 5.75 Å². The lowest BCUT2D eigenvalue weighted by Crippen LogP contribution is -2.48. The highest BCUT2D eigenvalue weighted by atomic mass is 19.1. The summed E-state index contributed by atoms with van der Waals surface area (Å²) in [5, 5.41) is 10.6. The Morgan fingerprint density at radius 2 is 1.76 bits per heavy atom. The van der Waals surface area contributed by atoms with Crippen molar-refractivity contribution < 1.29 is 33.4 Å². The largest absolute Gasteiger partial charge is 0.493 e. The minimum atomic E-state index is -0.975. The molecular weight excluding hydrogens is 577 g/mol. The number of benzene rings is 2. The molecule has 0 saturated carbocycles. The predicted octanol–water partition coefficient (Wildman–Crippen LogP) is 5.08. The molecular formula is C35H44FN3O6. The number of aliphatic carboxylic acids is 1. The second-order valence-corrected chi connectivity index (χ2v) is 12.6. The fourth-order valence-electron chi connectivity index (χ4n) is 7.42. The molecule has 10 heteroatoms. The number of anilines is 1. The number of ether oxygens (including phenoxy) is 1. The van der Waals surface area contributed by atoms with E-state index in [1.54, 1.807) is 24.0 Å². The number of aryl methyl sites for hydroxylation is 1. The van der Waals surface area contributed by atoms with Crippen LogP contribution in [-0.2, 0) is 25.6 Å². The van der Waals surface area contributed by atoms with E-state index in [9.17, 15) is 28.7 Å².